The number of aryl methyl sites for hydroxylation is 2. The molecule has 0 saturated carbocycles. The fourth-order valence-corrected chi connectivity index (χ4v) is 2.13. The topological polar surface area (TPSA) is 75.4 Å². The second-order valence-corrected chi connectivity index (χ2v) is 5.68. The van der Waals surface area contributed by atoms with Gasteiger partial charge in [-0.15, -0.1) is 0 Å². The molecule has 0 aliphatic heterocycles. The van der Waals surface area contributed by atoms with Crippen LogP contribution in [0, 0.1) is 6.92 Å². The monoisotopic (exact) mass is 335 g/mol. The molecule has 0 radical (unpaired) electrons. The number of rotatable bonds is 6. The van der Waals surface area contributed by atoms with Crippen LogP contribution in [0.1, 0.15) is 17.7 Å². The minimum absolute atomic E-state index is 0.0364. The Kier molecular flexibility index (Phi) is 5.76. The summed E-state index contributed by atoms with van der Waals surface area (Å²) >= 11 is 5.82. The van der Waals surface area contributed by atoms with Crippen molar-refractivity contribution in [3.05, 3.63) is 46.7 Å². The molecule has 2 rings (SSSR count). The molecule has 2 aromatic rings. The molecule has 0 atom stereocenters. The van der Waals surface area contributed by atoms with Crippen LogP contribution in [0.4, 0.5) is 5.82 Å². The van der Waals surface area contributed by atoms with Gasteiger partial charge in [0.1, 0.15) is 5.76 Å². The van der Waals surface area contributed by atoms with Gasteiger partial charge >= 0.3 is 0 Å². The molecule has 1 heterocycles. The van der Waals surface area contributed by atoms with Crippen molar-refractivity contribution in [2.24, 2.45) is 0 Å². The number of anilines is 1. The van der Waals surface area contributed by atoms with Crippen LogP contribution < -0.4 is 5.32 Å². The maximum atomic E-state index is 12.1. The quantitative estimate of drug-likeness (QED) is 0.880. The number of hydrogen-bond acceptors (Lipinski definition) is 4. The van der Waals surface area contributed by atoms with E-state index in [-0.39, 0.29) is 18.4 Å². The van der Waals surface area contributed by atoms with Crippen molar-refractivity contribution in [3.8, 4) is 0 Å². The minimum Gasteiger partial charge on any atom is -0.360 e. The predicted molar refractivity (Wildman–Crippen MR) is 87.3 cm³/mol. The van der Waals surface area contributed by atoms with Crippen molar-refractivity contribution in [1.82, 2.24) is 10.1 Å². The van der Waals surface area contributed by atoms with Crippen molar-refractivity contribution >= 4 is 29.2 Å². The standard InChI is InChI=1S/C16H18ClN3O3/c1-11-9-14(19-23-11)18-15(21)10-20(2)16(22)8-5-12-3-6-13(17)7-4-12/h3-4,6-7,9H,5,8,10H2,1-2H3,(H,18,19,21). The molecular weight excluding hydrogens is 318 g/mol. The lowest BCUT2D eigenvalue weighted by molar-refractivity contribution is -0.133. The normalized spacial score (nSPS) is 10.4. The summed E-state index contributed by atoms with van der Waals surface area (Å²) < 4.78 is 4.86. The first-order chi connectivity index (χ1) is 10.9. The average molecular weight is 336 g/mol. The number of carbonyl (C=O) groups excluding carboxylic acids is 2. The molecule has 1 aromatic heterocycles. The van der Waals surface area contributed by atoms with Gasteiger partial charge in [-0.05, 0) is 31.0 Å². The van der Waals surface area contributed by atoms with Crippen molar-refractivity contribution < 1.29 is 14.1 Å². The highest BCUT2D eigenvalue weighted by Crippen LogP contribution is 2.11. The lowest BCUT2D eigenvalue weighted by Crippen LogP contribution is -2.35. The Morgan fingerprint density at radius 1 is 1.30 bits per heavy atom. The number of hydrogen-bond donors (Lipinski definition) is 1. The summed E-state index contributed by atoms with van der Waals surface area (Å²) in [4.78, 5) is 25.3. The number of likely N-dealkylation sites (N-methyl/N-ethyl adjacent to an activating group) is 1. The van der Waals surface area contributed by atoms with E-state index in [1.54, 1.807) is 32.2 Å². The summed E-state index contributed by atoms with van der Waals surface area (Å²) in [6.07, 6.45) is 0.929. The Morgan fingerprint density at radius 3 is 2.61 bits per heavy atom. The van der Waals surface area contributed by atoms with E-state index in [0.717, 1.165) is 5.56 Å². The van der Waals surface area contributed by atoms with E-state index in [1.165, 1.54) is 4.90 Å². The summed E-state index contributed by atoms with van der Waals surface area (Å²) in [6, 6.07) is 8.96. The molecule has 7 heteroatoms. The van der Waals surface area contributed by atoms with Gasteiger partial charge in [0.2, 0.25) is 11.8 Å². The number of aromatic nitrogens is 1. The molecule has 0 fully saturated rings. The van der Waals surface area contributed by atoms with Crippen LogP contribution in [-0.4, -0.2) is 35.5 Å². The molecular formula is C16H18ClN3O3. The van der Waals surface area contributed by atoms with Crippen LogP contribution in [0.25, 0.3) is 0 Å². The van der Waals surface area contributed by atoms with Crippen LogP contribution in [0.15, 0.2) is 34.9 Å². The fraction of sp³-hybridized carbons (Fsp3) is 0.312. The zero-order valence-electron chi connectivity index (χ0n) is 13.0. The Balaban J connectivity index is 1.77. The van der Waals surface area contributed by atoms with Gasteiger partial charge in [0.05, 0.1) is 6.54 Å². The van der Waals surface area contributed by atoms with E-state index >= 15 is 0 Å². The third-order valence-electron chi connectivity index (χ3n) is 3.24. The Bertz CT molecular complexity index is 682. The van der Waals surface area contributed by atoms with Gasteiger partial charge in [-0.2, -0.15) is 0 Å². The number of amides is 2. The summed E-state index contributed by atoms with van der Waals surface area (Å²) in [5.41, 5.74) is 1.03. The minimum atomic E-state index is -0.319. The maximum Gasteiger partial charge on any atom is 0.245 e. The number of nitrogens with one attached hydrogen (secondary N) is 1. The van der Waals surface area contributed by atoms with Crippen LogP contribution in [0.2, 0.25) is 5.02 Å². The predicted octanol–water partition coefficient (Wildman–Crippen LogP) is 2.67. The van der Waals surface area contributed by atoms with Gasteiger partial charge in [0.25, 0.3) is 0 Å². The molecule has 0 saturated heterocycles. The van der Waals surface area contributed by atoms with E-state index in [9.17, 15) is 9.59 Å². The number of halogens is 1. The molecule has 0 aliphatic carbocycles. The van der Waals surface area contributed by atoms with Crippen molar-refractivity contribution in [2.45, 2.75) is 19.8 Å². The molecule has 2 amide bonds. The molecule has 6 nitrogen and oxygen atoms in total. The first-order valence-electron chi connectivity index (χ1n) is 7.15. The highest BCUT2D eigenvalue weighted by Gasteiger charge is 2.14. The Morgan fingerprint density at radius 2 is 2.00 bits per heavy atom. The lowest BCUT2D eigenvalue weighted by Gasteiger charge is -2.16. The van der Waals surface area contributed by atoms with Crippen LogP contribution in [0.5, 0.6) is 0 Å². The van der Waals surface area contributed by atoms with Gasteiger partial charge in [-0.3, -0.25) is 9.59 Å². The molecule has 0 bridgehead atoms. The largest absolute Gasteiger partial charge is 0.360 e. The Hall–Kier alpha value is -2.34. The van der Waals surface area contributed by atoms with E-state index in [1.807, 2.05) is 12.1 Å². The second-order valence-electron chi connectivity index (χ2n) is 5.25. The number of carbonyl (C=O) groups is 2. The van der Waals surface area contributed by atoms with Gasteiger partial charge in [-0.25, -0.2) is 0 Å². The first-order valence-corrected chi connectivity index (χ1v) is 7.53. The van der Waals surface area contributed by atoms with Gasteiger partial charge in [0, 0.05) is 24.6 Å². The zero-order valence-corrected chi connectivity index (χ0v) is 13.8. The Labute approximate surface area is 139 Å². The maximum absolute atomic E-state index is 12.1. The summed E-state index contributed by atoms with van der Waals surface area (Å²) in [6.45, 7) is 1.69. The van der Waals surface area contributed by atoms with Crippen molar-refractivity contribution in [3.63, 3.8) is 0 Å². The van der Waals surface area contributed by atoms with E-state index < -0.39 is 0 Å². The van der Waals surface area contributed by atoms with Crippen LogP contribution in [-0.2, 0) is 16.0 Å². The second kappa shape index (κ2) is 7.78. The highest BCUT2D eigenvalue weighted by molar-refractivity contribution is 6.30. The lowest BCUT2D eigenvalue weighted by atomic mass is 10.1. The van der Waals surface area contributed by atoms with Crippen molar-refractivity contribution in [1.29, 1.82) is 0 Å². The molecule has 0 spiro atoms. The highest BCUT2D eigenvalue weighted by atomic mass is 35.5. The molecule has 122 valence electrons. The first kappa shape index (κ1) is 17.0. The third-order valence-corrected chi connectivity index (χ3v) is 3.49. The smallest absolute Gasteiger partial charge is 0.245 e. The fourth-order valence-electron chi connectivity index (χ4n) is 2.00. The average Bonchev–Trinajstić information content (AvgIpc) is 2.91. The van der Waals surface area contributed by atoms with Crippen LogP contribution >= 0.6 is 11.6 Å². The van der Waals surface area contributed by atoms with Gasteiger partial charge < -0.3 is 14.7 Å². The van der Waals surface area contributed by atoms with E-state index in [0.29, 0.717) is 29.4 Å². The van der Waals surface area contributed by atoms with E-state index in [2.05, 4.69) is 10.5 Å². The zero-order chi connectivity index (χ0) is 16.8. The SMILES string of the molecule is Cc1cc(NC(=O)CN(C)C(=O)CCc2ccc(Cl)cc2)no1. The number of nitrogens with zero attached hydrogens (tertiary/aromatic N) is 2. The van der Waals surface area contributed by atoms with Gasteiger partial charge in [0.15, 0.2) is 5.82 Å². The van der Waals surface area contributed by atoms with Gasteiger partial charge in [-0.1, -0.05) is 28.9 Å². The van der Waals surface area contributed by atoms with Crippen molar-refractivity contribution in [2.75, 3.05) is 18.9 Å². The van der Waals surface area contributed by atoms with Crippen LogP contribution in [0.3, 0.4) is 0 Å². The third kappa shape index (κ3) is 5.41. The summed E-state index contributed by atoms with van der Waals surface area (Å²) in [7, 11) is 1.60. The molecule has 1 aromatic carbocycles. The molecule has 0 aliphatic rings. The number of benzene rings is 1. The molecule has 23 heavy (non-hydrogen) atoms. The summed E-state index contributed by atoms with van der Waals surface area (Å²) in [5, 5.41) is 6.91. The van der Waals surface area contributed by atoms with E-state index in [4.69, 9.17) is 16.1 Å². The molecule has 1 N–H and O–H groups in total. The summed E-state index contributed by atoms with van der Waals surface area (Å²) in [5.74, 6) is 0.522. The molecule has 0 unspecified atom stereocenters.